The number of hydrogen-bond acceptors (Lipinski definition) is 3. The summed E-state index contributed by atoms with van der Waals surface area (Å²) in [7, 11) is 0. The summed E-state index contributed by atoms with van der Waals surface area (Å²) < 4.78 is 5.47. The van der Waals surface area contributed by atoms with E-state index in [1.807, 2.05) is 31.2 Å². The van der Waals surface area contributed by atoms with E-state index < -0.39 is 0 Å². The molecule has 0 aromatic heterocycles. The zero-order valence-corrected chi connectivity index (χ0v) is 13.5. The second-order valence-corrected chi connectivity index (χ2v) is 5.76. The van der Waals surface area contributed by atoms with E-state index in [4.69, 9.17) is 10.00 Å². The first-order valence-electron chi connectivity index (χ1n) is 7.90. The third kappa shape index (κ3) is 3.64. The van der Waals surface area contributed by atoms with E-state index >= 15 is 0 Å². The predicted octanol–water partition coefficient (Wildman–Crippen LogP) is 3.38. The lowest BCUT2D eigenvalue weighted by Gasteiger charge is -2.12. The fraction of sp³-hybridized carbons (Fsp3) is 0.200. The first-order valence-corrected chi connectivity index (χ1v) is 7.90. The molecule has 24 heavy (non-hydrogen) atoms. The minimum atomic E-state index is -0.149. The zero-order chi connectivity index (χ0) is 16.9. The van der Waals surface area contributed by atoms with E-state index in [9.17, 15) is 4.79 Å². The van der Waals surface area contributed by atoms with Gasteiger partial charge in [0.1, 0.15) is 5.75 Å². The van der Waals surface area contributed by atoms with Gasteiger partial charge in [-0.3, -0.25) is 4.79 Å². The van der Waals surface area contributed by atoms with Crippen molar-refractivity contribution in [3.05, 3.63) is 70.8 Å². The van der Waals surface area contributed by atoms with E-state index in [1.165, 1.54) is 11.6 Å². The summed E-state index contributed by atoms with van der Waals surface area (Å²) in [6.45, 7) is 2.64. The predicted molar refractivity (Wildman–Crippen MR) is 92.4 cm³/mol. The lowest BCUT2D eigenvalue weighted by molar-refractivity contribution is -0.117. The summed E-state index contributed by atoms with van der Waals surface area (Å²) in [6.07, 6.45) is 4.26. The Bertz CT molecular complexity index is 817. The van der Waals surface area contributed by atoms with Crippen molar-refractivity contribution in [1.29, 1.82) is 5.26 Å². The van der Waals surface area contributed by atoms with Gasteiger partial charge in [0.2, 0.25) is 5.91 Å². The monoisotopic (exact) mass is 318 g/mol. The molecule has 3 rings (SSSR count). The molecule has 0 saturated carbocycles. The summed E-state index contributed by atoms with van der Waals surface area (Å²) in [5.41, 5.74) is 3.74. The number of carbonyl (C=O) groups is 1. The Hall–Kier alpha value is -3.06. The number of benzene rings is 2. The van der Waals surface area contributed by atoms with E-state index in [-0.39, 0.29) is 11.9 Å². The molecule has 1 N–H and O–H groups in total. The molecule has 1 aliphatic heterocycles. The lowest BCUT2D eigenvalue weighted by atomic mass is 10.1. The minimum absolute atomic E-state index is 0.122. The fourth-order valence-corrected chi connectivity index (χ4v) is 2.67. The van der Waals surface area contributed by atoms with Crippen LogP contribution in [0.3, 0.4) is 0 Å². The van der Waals surface area contributed by atoms with Crippen molar-refractivity contribution >= 4 is 12.0 Å². The third-order valence-electron chi connectivity index (χ3n) is 4.04. The molecule has 4 nitrogen and oxygen atoms in total. The lowest BCUT2D eigenvalue weighted by Crippen LogP contribution is -2.24. The largest absolute Gasteiger partial charge is 0.493 e. The van der Waals surface area contributed by atoms with Crippen molar-refractivity contribution in [1.82, 2.24) is 5.32 Å². The number of fused-ring (bicyclic) bond motifs is 1. The van der Waals surface area contributed by atoms with Gasteiger partial charge >= 0.3 is 0 Å². The average Bonchev–Trinajstić information content (AvgIpc) is 3.07. The van der Waals surface area contributed by atoms with Gasteiger partial charge < -0.3 is 10.1 Å². The molecule has 0 aliphatic carbocycles. The Kier molecular flexibility index (Phi) is 4.62. The van der Waals surface area contributed by atoms with E-state index in [1.54, 1.807) is 18.2 Å². The maximum absolute atomic E-state index is 12.1. The van der Waals surface area contributed by atoms with Gasteiger partial charge in [-0.1, -0.05) is 18.2 Å². The number of ether oxygens (including phenoxy) is 1. The van der Waals surface area contributed by atoms with Crippen molar-refractivity contribution in [2.45, 2.75) is 19.4 Å². The molecule has 1 aliphatic rings. The van der Waals surface area contributed by atoms with Crippen molar-refractivity contribution in [3.63, 3.8) is 0 Å². The van der Waals surface area contributed by atoms with Crippen molar-refractivity contribution in [3.8, 4) is 11.8 Å². The van der Waals surface area contributed by atoms with Crippen LogP contribution in [-0.4, -0.2) is 12.5 Å². The summed E-state index contributed by atoms with van der Waals surface area (Å²) in [4.78, 5) is 12.1. The molecule has 1 unspecified atom stereocenters. The van der Waals surface area contributed by atoms with E-state index in [0.717, 1.165) is 29.9 Å². The SMILES string of the molecule is CC(NC(=O)/C=C/c1ccc2c(c1)CCO2)c1ccc(C#N)cc1. The molecule has 1 heterocycles. The van der Waals surface area contributed by atoms with Gasteiger partial charge in [0.15, 0.2) is 0 Å². The van der Waals surface area contributed by atoms with Crippen molar-refractivity contribution < 1.29 is 9.53 Å². The Morgan fingerprint density at radius 1 is 1.29 bits per heavy atom. The molecule has 1 atom stereocenters. The molecule has 0 bridgehead atoms. The van der Waals surface area contributed by atoms with Gasteiger partial charge in [-0.15, -0.1) is 0 Å². The van der Waals surface area contributed by atoms with Crippen LogP contribution in [0.1, 0.15) is 35.2 Å². The molecule has 2 aromatic rings. The second-order valence-electron chi connectivity index (χ2n) is 5.76. The first kappa shape index (κ1) is 15.8. The number of amides is 1. The highest BCUT2D eigenvalue weighted by Crippen LogP contribution is 2.26. The van der Waals surface area contributed by atoms with Crippen molar-refractivity contribution in [2.24, 2.45) is 0 Å². The standard InChI is InChI=1S/C20H18N2O2/c1-14(17-6-2-16(13-21)3-7-17)22-20(23)9-5-15-4-8-19-18(12-15)10-11-24-19/h2-9,12,14H,10-11H2,1H3,(H,22,23)/b9-5+. The third-order valence-corrected chi connectivity index (χ3v) is 4.04. The molecule has 0 saturated heterocycles. The Balaban J connectivity index is 1.61. The molecular weight excluding hydrogens is 300 g/mol. The van der Waals surface area contributed by atoms with Gasteiger partial charge in [-0.05, 0) is 54.0 Å². The highest BCUT2D eigenvalue weighted by molar-refractivity contribution is 5.92. The van der Waals surface area contributed by atoms with Gasteiger partial charge in [0, 0.05) is 12.5 Å². The molecule has 0 spiro atoms. The molecule has 4 heteroatoms. The van der Waals surface area contributed by atoms with Crippen LogP contribution in [0.5, 0.6) is 5.75 Å². The molecular formula is C20H18N2O2. The summed E-state index contributed by atoms with van der Waals surface area (Å²) in [6, 6.07) is 15.1. The smallest absolute Gasteiger partial charge is 0.244 e. The molecule has 0 fully saturated rings. The van der Waals surface area contributed by atoms with Gasteiger partial charge in [-0.2, -0.15) is 5.26 Å². The highest BCUT2D eigenvalue weighted by atomic mass is 16.5. The molecule has 120 valence electrons. The summed E-state index contributed by atoms with van der Waals surface area (Å²) in [5, 5.41) is 11.7. The Labute approximate surface area is 141 Å². The number of nitrogens with one attached hydrogen (secondary N) is 1. The van der Waals surface area contributed by atoms with Crippen LogP contribution in [0.4, 0.5) is 0 Å². The molecule has 0 radical (unpaired) electrons. The fourth-order valence-electron chi connectivity index (χ4n) is 2.67. The van der Waals surface area contributed by atoms with Crippen LogP contribution in [0.25, 0.3) is 6.08 Å². The Morgan fingerprint density at radius 3 is 2.83 bits per heavy atom. The van der Waals surface area contributed by atoms with Gasteiger partial charge in [0.05, 0.1) is 24.3 Å². The Morgan fingerprint density at radius 2 is 2.08 bits per heavy atom. The summed E-state index contributed by atoms with van der Waals surface area (Å²) >= 11 is 0. The number of carbonyl (C=O) groups excluding carboxylic acids is 1. The number of rotatable bonds is 4. The van der Waals surface area contributed by atoms with Crippen molar-refractivity contribution in [2.75, 3.05) is 6.61 Å². The number of nitriles is 1. The molecule has 2 aromatic carbocycles. The highest BCUT2D eigenvalue weighted by Gasteiger charge is 2.11. The van der Waals surface area contributed by atoms with E-state index in [2.05, 4.69) is 17.5 Å². The van der Waals surface area contributed by atoms with Crippen LogP contribution in [0.2, 0.25) is 0 Å². The summed E-state index contributed by atoms with van der Waals surface area (Å²) in [5.74, 6) is 0.787. The van der Waals surface area contributed by atoms with Crippen LogP contribution >= 0.6 is 0 Å². The van der Waals surface area contributed by atoms with Crippen LogP contribution in [0, 0.1) is 11.3 Å². The van der Waals surface area contributed by atoms with Crippen LogP contribution in [0.15, 0.2) is 48.5 Å². The normalized spacial score (nSPS) is 13.8. The maximum atomic E-state index is 12.1. The quantitative estimate of drug-likeness (QED) is 0.879. The second kappa shape index (κ2) is 7.01. The molecule has 1 amide bonds. The average molecular weight is 318 g/mol. The number of nitrogens with zero attached hydrogens (tertiary/aromatic N) is 1. The minimum Gasteiger partial charge on any atom is -0.493 e. The van der Waals surface area contributed by atoms with Crippen LogP contribution in [-0.2, 0) is 11.2 Å². The van der Waals surface area contributed by atoms with Crippen LogP contribution < -0.4 is 10.1 Å². The first-order chi connectivity index (χ1) is 11.7. The van der Waals surface area contributed by atoms with Gasteiger partial charge in [-0.25, -0.2) is 0 Å². The van der Waals surface area contributed by atoms with Gasteiger partial charge in [0.25, 0.3) is 0 Å². The maximum Gasteiger partial charge on any atom is 0.244 e. The van der Waals surface area contributed by atoms with E-state index in [0.29, 0.717) is 5.56 Å². The topological polar surface area (TPSA) is 62.1 Å². The number of hydrogen-bond donors (Lipinski definition) is 1. The zero-order valence-electron chi connectivity index (χ0n) is 13.5.